The molecule has 0 fully saturated rings. The van der Waals surface area contributed by atoms with Crippen molar-refractivity contribution < 1.29 is 19.3 Å². The summed E-state index contributed by atoms with van der Waals surface area (Å²) in [6, 6.07) is 9.86. The first kappa shape index (κ1) is 22.6. The summed E-state index contributed by atoms with van der Waals surface area (Å²) >= 11 is 0. The molecule has 0 saturated heterocycles. The SMILES string of the molecule is CCOC(OCC)c1nc2c(c(=O)[nH]1)CN(CC(O)COCc1ccccc1)CC2. The lowest BCUT2D eigenvalue weighted by Crippen LogP contribution is -2.41. The van der Waals surface area contributed by atoms with Crippen LogP contribution in [0, 0.1) is 0 Å². The van der Waals surface area contributed by atoms with E-state index < -0.39 is 12.4 Å². The van der Waals surface area contributed by atoms with E-state index in [0.29, 0.717) is 57.3 Å². The van der Waals surface area contributed by atoms with Crippen LogP contribution in [0.25, 0.3) is 0 Å². The van der Waals surface area contributed by atoms with Gasteiger partial charge in [0.05, 0.1) is 30.6 Å². The van der Waals surface area contributed by atoms with E-state index >= 15 is 0 Å². The maximum absolute atomic E-state index is 12.6. The van der Waals surface area contributed by atoms with Gasteiger partial charge in [-0.25, -0.2) is 4.98 Å². The van der Waals surface area contributed by atoms with Crippen molar-refractivity contribution in [1.29, 1.82) is 0 Å². The summed E-state index contributed by atoms with van der Waals surface area (Å²) in [5.74, 6) is 0.408. The van der Waals surface area contributed by atoms with Crippen LogP contribution in [0.5, 0.6) is 0 Å². The second kappa shape index (κ2) is 11.3. The minimum atomic E-state index is -0.667. The fourth-order valence-corrected chi connectivity index (χ4v) is 3.51. The third-order valence-corrected chi connectivity index (χ3v) is 4.92. The molecule has 1 atom stereocenters. The average molecular weight is 418 g/mol. The molecule has 2 N–H and O–H groups in total. The van der Waals surface area contributed by atoms with Gasteiger partial charge in [0.1, 0.15) is 0 Å². The van der Waals surface area contributed by atoms with Gasteiger partial charge in [0.25, 0.3) is 5.56 Å². The zero-order valence-electron chi connectivity index (χ0n) is 17.7. The first-order valence-corrected chi connectivity index (χ1v) is 10.5. The maximum Gasteiger partial charge on any atom is 0.255 e. The molecule has 1 aromatic carbocycles. The molecule has 164 valence electrons. The second-order valence-corrected chi connectivity index (χ2v) is 7.26. The van der Waals surface area contributed by atoms with Crippen molar-refractivity contribution in [1.82, 2.24) is 14.9 Å². The zero-order valence-corrected chi connectivity index (χ0v) is 17.7. The maximum atomic E-state index is 12.6. The lowest BCUT2D eigenvalue weighted by atomic mass is 10.1. The number of aliphatic hydroxyl groups excluding tert-OH is 1. The summed E-state index contributed by atoms with van der Waals surface area (Å²) in [6.07, 6.45) is -0.657. The highest BCUT2D eigenvalue weighted by molar-refractivity contribution is 5.21. The van der Waals surface area contributed by atoms with Crippen LogP contribution in [0.15, 0.2) is 35.1 Å². The van der Waals surface area contributed by atoms with Gasteiger partial charge in [-0.1, -0.05) is 30.3 Å². The van der Waals surface area contributed by atoms with Crippen LogP contribution in [0.4, 0.5) is 0 Å². The third-order valence-electron chi connectivity index (χ3n) is 4.92. The van der Waals surface area contributed by atoms with E-state index in [-0.39, 0.29) is 12.2 Å². The number of aliphatic hydroxyl groups is 1. The monoisotopic (exact) mass is 417 g/mol. The molecule has 0 saturated carbocycles. The van der Waals surface area contributed by atoms with Gasteiger partial charge < -0.3 is 24.3 Å². The highest BCUT2D eigenvalue weighted by Crippen LogP contribution is 2.19. The van der Waals surface area contributed by atoms with Crippen molar-refractivity contribution in [2.24, 2.45) is 0 Å². The van der Waals surface area contributed by atoms with Crippen LogP contribution >= 0.6 is 0 Å². The number of nitrogens with one attached hydrogen (secondary N) is 1. The molecular weight excluding hydrogens is 386 g/mol. The van der Waals surface area contributed by atoms with Gasteiger partial charge in [-0.2, -0.15) is 0 Å². The Balaban J connectivity index is 1.55. The largest absolute Gasteiger partial charge is 0.389 e. The molecule has 2 heterocycles. The lowest BCUT2D eigenvalue weighted by molar-refractivity contribution is -0.145. The Hall–Kier alpha value is -2.10. The molecular formula is C22H31N3O5. The Morgan fingerprint density at radius 3 is 2.63 bits per heavy atom. The molecule has 0 spiro atoms. The standard InChI is InChI=1S/C22H31N3O5/c1-3-29-22(30-4-2)20-23-19-10-11-25(13-18(19)21(27)24-20)12-17(26)15-28-14-16-8-6-5-7-9-16/h5-9,17,22,26H,3-4,10-15H2,1-2H3,(H,23,24,27). The fraction of sp³-hybridized carbons (Fsp3) is 0.545. The third kappa shape index (κ3) is 6.20. The van der Waals surface area contributed by atoms with Crippen LogP contribution in [-0.4, -0.2) is 59.0 Å². The van der Waals surface area contributed by atoms with Crippen LogP contribution in [0.1, 0.15) is 42.8 Å². The molecule has 2 aromatic rings. The van der Waals surface area contributed by atoms with E-state index in [1.807, 2.05) is 44.2 Å². The molecule has 1 aliphatic heterocycles. The normalized spacial score (nSPS) is 15.3. The van der Waals surface area contributed by atoms with E-state index in [1.165, 1.54) is 0 Å². The van der Waals surface area contributed by atoms with Crippen molar-refractivity contribution in [2.45, 2.75) is 45.8 Å². The molecule has 30 heavy (non-hydrogen) atoms. The van der Waals surface area contributed by atoms with E-state index in [0.717, 1.165) is 11.3 Å². The minimum Gasteiger partial charge on any atom is -0.389 e. The van der Waals surface area contributed by atoms with Gasteiger partial charge in [0.2, 0.25) is 6.29 Å². The summed E-state index contributed by atoms with van der Waals surface area (Å²) in [4.78, 5) is 22.1. The first-order chi connectivity index (χ1) is 14.6. The van der Waals surface area contributed by atoms with Gasteiger partial charge >= 0.3 is 0 Å². The summed E-state index contributed by atoms with van der Waals surface area (Å²) in [6.45, 7) is 6.98. The highest BCUT2D eigenvalue weighted by atomic mass is 16.7. The van der Waals surface area contributed by atoms with Crippen LogP contribution in [0.2, 0.25) is 0 Å². The lowest BCUT2D eigenvalue weighted by Gasteiger charge is -2.29. The number of benzene rings is 1. The summed E-state index contributed by atoms with van der Waals surface area (Å²) in [7, 11) is 0. The van der Waals surface area contributed by atoms with Crippen LogP contribution in [0.3, 0.4) is 0 Å². The smallest absolute Gasteiger partial charge is 0.255 e. The number of ether oxygens (including phenoxy) is 3. The Kier molecular flexibility index (Phi) is 8.53. The molecule has 0 aliphatic carbocycles. The number of aromatic amines is 1. The molecule has 1 aliphatic rings. The Morgan fingerprint density at radius 1 is 1.20 bits per heavy atom. The van der Waals surface area contributed by atoms with Crippen LogP contribution in [-0.2, 0) is 33.8 Å². The average Bonchev–Trinajstić information content (AvgIpc) is 2.74. The topological polar surface area (TPSA) is 96.9 Å². The molecule has 0 bridgehead atoms. The number of fused-ring (bicyclic) bond motifs is 1. The molecule has 0 amide bonds. The highest BCUT2D eigenvalue weighted by Gasteiger charge is 2.25. The fourth-order valence-electron chi connectivity index (χ4n) is 3.51. The number of hydrogen-bond acceptors (Lipinski definition) is 7. The van der Waals surface area contributed by atoms with Gasteiger partial charge in [-0.05, 0) is 19.4 Å². The van der Waals surface area contributed by atoms with E-state index in [4.69, 9.17) is 14.2 Å². The molecule has 0 radical (unpaired) electrons. The second-order valence-electron chi connectivity index (χ2n) is 7.26. The van der Waals surface area contributed by atoms with Crippen molar-refractivity contribution in [3.63, 3.8) is 0 Å². The van der Waals surface area contributed by atoms with E-state index in [2.05, 4.69) is 14.9 Å². The number of hydrogen-bond donors (Lipinski definition) is 2. The molecule has 8 nitrogen and oxygen atoms in total. The predicted octanol–water partition coefficient (Wildman–Crippen LogP) is 1.78. The predicted molar refractivity (Wildman–Crippen MR) is 112 cm³/mol. The Bertz CT molecular complexity index is 836. The summed E-state index contributed by atoms with van der Waals surface area (Å²) < 4.78 is 16.7. The van der Waals surface area contributed by atoms with Crippen molar-refractivity contribution in [3.05, 3.63) is 63.3 Å². The molecule has 1 unspecified atom stereocenters. The van der Waals surface area contributed by atoms with Crippen molar-refractivity contribution in [3.8, 4) is 0 Å². The van der Waals surface area contributed by atoms with Gasteiger partial charge in [0, 0.05) is 39.3 Å². The summed E-state index contributed by atoms with van der Waals surface area (Å²) in [5, 5.41) is 10.3. The van der Waals surface area contributed by atoms with Crippen LogP contribution < -0.4 is 5.56 Å². The van der Waals surface area contributed by atoms with Gasteiger partial charge in [-0.3, -0.25) is 9.69 Å². The zero-order chi connectivity index (χ0) is 21.3. The molecule has 3 rings (SSSR count). The van der Waals surface area contributed by atoms with Crippen molar-refractivity contribution >= 4 is 0 Å². The number of nitrogens with zero attached hydrogens (tertiary/aromatic N) is 2. The van der Waals surface area contributed by atoms with Gasteiger partial charge in [-0.15, -0.1) is 0 Å². The number of aromatic nitrogens is 2. The van der Waals surface area contributed by atoms with E-state index in [1.54, 1.807) is 0 Å². The minimum absolute atomic E-state index is 0.182. The molecule has 1 aromatic heterocycles. The first-order valence-electron chi connectivity index (χ1n) is 10.5. The Morgan fingerprint density at radius 2 is 1.93 bits per heavy atom. The number of rotatable bonds is 11. The summed E-state index contributed by atoms with van der Waals surface area (Å²) in [5.41, 5.74) is 2.29. The Labute approximate surface area is 176 Å². The molecule has 8 heteroatoms. The number of β-amino-alcohol motifs (C(OH)–C–C–N with tert-alkyl or cyclic N) is 1. The van der Waals surface area contributed by atoms with Crippen molar-refractivity contribution in [2.75, 3.05) is 32.9 Å². The quantitative estimate of drug-likeness (QED) is 0.538. The van der Waals surface area contributed by atoms with Gasteiger partial charge in [0.15, 0.2) is 5.82 Å². The van der Waals surface area contributed by atoms with E-state index in [9.17, 15) is 9.90 Å². The number of H-pyrrole nitrogens is 1.